The first-order valence-electron chi connectivity index (χ1n) is 7.99. The van der Waals surface area contributed by atoms with Crippen molar-refractivity contribution in [2.24, 2.45) is 0 Å². The molecule has 0 bridgehead atoms. The van der Waals surface area contributed by atoms with Gasteiger partial charge in [0, 0.05) is 23.5 Å². The number of fused-ring (bicyclic) bond motifs is 5. The van der Waals surface area contributed by atoms with Gasteiger partial charge in [0.25, 0.3) is 0 Å². The second-order valence-electron chi connectivity index (χ2n) is 5.98. The van der Waals surface area contributed by atoms with Crippen LogP contribution in [0.4, 0.5) is 11.5 Å². The lowest BCUT2D eigenvalue weighted by Crippen LogP contribution is -1.96. The Kier molecular flexibility index (Phi) is 2.90. The summed E-state index contributed by atoms with van der Waals surface area (Å²) in [6.07, 6.45) is 7.00. The van der Waals surface area contributed by atoms with Gasteiger partial charge < -0.3 is 5.32 Å². The van der Waals surface area contributed by atoms with E-state index in [1.165, 1.54) is 5.56 Å². The number of hydrogen-bond donors (Lipinski definition) is 1. The Morgan fingerprint density at radius 3 is 2.88 bits per heavy atom. The van der Waals surface area contributed by atoms with Gasteiger partial charge in [0.05, 0.1) is 22.6 Å². The molecule has 0 aliphatic rings. The molecule has 0 amide bonds. The highest BCUT2D eigenvalue weighted by molar-refractivity contribution is 6.14. The maximum absolute atomic E-state index is 4.80. The number of nitrogens with one attached hydrogen (secondary N) is 1. The second-order valence-corrected chi connectivity index (χ2v) is 5.98. The smallest absolute Gasteiger partial charge is 0.142 e. The summed E-state index contributed by atoms with van der Waals surface area (Å²) in [6.45, 7) is 2.07. The van der Waals surface area contributed by atoms with Gasteiger partial charge in [0.2, 0.25) is 0 Å². The molecule has 120 valence electrons. The quantitative estimate of drug-likeness (QED) is 0.533. The summed E-state index contributed by atoms with van der Waals surface area (Å²) >= 11 is 0. The van der Waals surface area contributed by atoms with Crippen LogP contribution in [0.5, 0.6) is 0 Å². The van der Waals surface area contributed by atoms with Crippen LogP contribution in [-0.2, 0) is 0 Å². The van der Waals surface area contributed by atoms with E-state index in [1.54, 1.807) is 29.4 Å². The van der Waals surface area contributed by atoms with Gasteiger partial charge in [0.1, 0.15) is 17.7 Å². The van der Waals surface area contributed by atoms with E-state index in [0.29, 0.717) is 0 Å². The van der Waals surface area contributed by atoms with Crippen molar-refractivity contribution in [3.8, 4) is 0 Å². The Labute approximate surface area is 143 Å². The van der Waals surface area contributed by atoms with Gasteiger partial charge in [-0.3, -0.25) is 4.98 Å². The molecule has 0 radical (unpaired) electrons. The number of benzene rings is 1. The molecular weight excluding hydrogens is 312 g/mol. The van der Waals surface area contributed by atoms with E-state index in [1.807, 2.05) is 24.3 Å². The first-order valence-corrected chi connectivity index (χ1v) is 7.99. The van der Waals surface area contributed by atoms with Crippen molar-refractivity contribution in [1.29, 1.82) is 0 Å². The van der Waals surface area contributed by atoms with Crippen LogP contribution in [0.3, 0.4) is 0 Å². The average molecular weight is 326 g/mol. The van der Waals surface area contributed by atoms with Crippen LogP contribution >= 0.6 is 0 Å². The van der Waals surface area contributed by atoms with Crippen LogP contribution in [0, 0.1) is 6.92 Å². The number of pyridine rings is 2. The van der Waals surface area contributed by atoms with Gasteiger partial charge >= 0.3 is 0 Å². The van der Waals surface area contributed by atoms with Gasteiger partial charge in [0.15, 0.2) is 0 Å². The summed E-state index contributed by atoms with van der Waals surface area (Å²) in [7, 11) is 0. The number of aryl methyl sites for hydroxylation is 1. The predicted molar refractivity (Wildman–Crippen MR) is 98.1 cm³/mol. The summed E-state index contributed by atoms with van der Waals surface area (Å²) in [5.74, 6) is 0.766. The Morgan fingerprint density at radius 2 is 1.96 bits per heavy atom. The number of rotatable bonds is 2. The van der Waals surface area contributed by atoms with Crippen molar-refractivity contribution in [2.45, 2.75) is 6.92 Å². The third-order valence-electron chi connectivity index (χ3n) is 4.25. The number of aromatic nitrogens is 5. The number of anilines is 2. The van der Waals surface area contributed by atoms with Crippen LogP contribution < -0.4 is 5.32 Å². The van der Waals surface area contributed by atoms with Crippen molar-refractivity contribution >= 4 is 38.8 Å². The fourth-order valence-electron chi connectivity index (χ4n) is 3.13. The molecule has 0 atom stereocenters. The molecule has 1 aromatic carbocycles. The SMILES string of the molecule is Cc1cccc(Nc2nc3cnccc3c3nn4cnccc4c23)c1. The summed E-state index contributed by atoms with van der Waals surface area (Å²) in [5.41, 5.74) is 4.83. The molecule has 4 heterocycles. The van der Waals surface area contributed by atoms with E-state index >= 15 is 0 Å². The molecule has 6 heteroatoms. The van der Waals surface area contributed by atoms with Crippen LogP contribution in [0.1, 0.15) is 5.56 Å². The van der Waals surface area contributed by atoms with Gasteiger partial charge in [-0.05, 0) is 36.8 Å². The minimum atomic E-state index is 0.766. The monoisotopic (exact) mass is 326 g/mol. The third-order valence-corrected chi connectivity index (χ3v) is 4.25. The molecule has 5 rings (SSSR count). The van der Waals surface area contributed by atoms with Crippen molar-refractivity contribution in [1.82, 2.24) is 24.6 Å². The molecule has 0 saturated carbocycles. The lowest BCUT2D eigenvalue weighted by atomic mass is 10.1. The van der Waals surface area contributed by atoms with Crippen LogP contribution in [-0.4, -0.2) is 24.6 Å². The van der Waals surface area contributed by atoms with E-state index in [-0.39, 0.29) is 0 Å². The summed E-state index contributed by atoms with van der Waals surface area (Å²) in [4.78, 5) is 13.2. The Bertz CT molecular complexity index is 1240. The Balaban J connectivity index is 1.86. The highest BCUT2D eigenvalue weighted by Gasteiger charge is 2.15. The van der Waals surface area contributed by atoms with Crippen LogP contribution in [0.2, 0.25) is 0 Å². The summed E-state index contributed by atoms with van der Waals surface area (Å²) < 4.78 is 1.79. The maximum atomic E-state index is 4.80. The van der Waals surface area contributed by atoms with E-state index in [9.17, 15) is 0 Å². The molecule has 5 aromatic rings. The minimum Gasteiger partial charge on any atom is -0.340 e. The lowest BCUT2D eigenvalue weighted by molar-refractivity contribution is 0.939. The zero-order valence-corrected chi connectivity index (χ0v) is 13.5. The standard InChI is InChI=1S/C19H14N6/c1-12-3-2-4-13(9-12)22-19-17-16-6-8-21-11-25(16)24-18(17)14-5-7-20-10-15(14)23-19/h2-11H,1H3,(H,22,23). The predicted octanol–water partition coefficient (Wildman–Crippen LogP) is 3.88. The summed E-state index contributed by atoms with van der Waals surface area (Å²) in [5, 5.41) is 10.1. The molecule has 0 saturated heterocycles. The minimum absolute atomic E-state index is 0.766. The largest absolute Gasteiger partial charge is 0.340 e. The molecule has 0 aliphatic heterocycles. The molecule has 4 aromatic heterocycles. The van der Waals surface area contributed by atoms with Crippen LogP contribution in [0.25, 0.3) is 27.3 Å². The maximum Gasteiger partial charge on any atom is 0.142 e. The molecular formula is C19H14N6. The van der Waals surface area contributed by atoms with Crippen molar-refractivity contribution in [2.75, 3.05) is 5.32 Å². The Hall–Kier alpha value is -3.54. The molecule has 0 aliphatic carbocycles. The topological polar surface area (TPSA) is 68.0 Å². The normalized spacial score (nSPS) is 11.4. The van der Waals surface area contributed by atoms with Gasteiger partial charge in [-0.25, -0.2) is 14.5 Å². The van der Waals surface area contributed by atoms with E-state index in [4.69, 9.17) is 10.1 Å². The molecule has 25 heavy (non-hydrogen) atoms. The number of nitrogens with zero attached hydrogens (tertiary/aromatic N) is 5. The van der Waals surface area contributed by atoms with Crippen molar-refractivity contribution < 1.29 is 0 Å². The third kappa shape index (κ3) is 2.19. The second kappa shape index (κ2) is 5.24. The molecule has 1 N–H and O–H groups in total. The number of hydrogen-bond acceptors (Lipinski definition) is 5. The lowest BCUT2D eigenvalue weighted by Gasteiger charge is -2.09. The zero-order valence-electron chi connectivity index (χ0n) is 13.5. The van der Waals surface area contributed by atoms with E-state index in [2.05, 4.69) is 34.3 Å². The average Bonchev–Trinajstić information content (AvgIpc) is 3.02. The molecule has 0 fully saturated rings. The van der Waals surface area contributed by atoms with Gasteiger partial charge in [-0.15, -0.1) is 0 Å². The fraction of sp³-hybridized carbons (Fsp3) is 0.0526. The van der Waals surface area contributed by atoms with E-state index < -0.39 is 0 Å². The van der Waals surface area contributed by atoms with E-state index in [0.717, 1.165) is 38.8 Å². The first kappa shape index (κ1) is 13.9. The van der Waals surface area contributed by atoms with Crippen molar-refractivity contribution in [3.05, 3.63) is 66.9 Å². The van der Waals surface area contributed by atoms with Gasteiger partial charge in [-0.1, -0.05) is 12.1 Å². The molecule has 6 nitrogen and oxygen atoms in total. The van der Waals surface area contributed by atoms with Crippen LogP contribution in [0.15, 0.2) is 61.3 Å². The summed E-state index contributed by atoms with van der Waals surface area (Å²) in [6, 6.07) is 12.1. The Morgan fingerprint density at radius 1 is 1.04 bits per heavy atom. The van der Waals surface area contributed by atoms with Crippen molar-refractivity contribution in [3.63, 3.8) is 0 Å². The first-order chi connectivity index (χ1) is 12.3. The highest BCUT2D eigenvalue weighted by atomic mass is 15.2. The highest BCUT2D eigenvalue weighted by Crippen LogP contribution is 2.33. The molecule has 0 spiro atoms. The fourth-order valence-corrected chi connectivity index (χ4v) is 3.13. The zero-order chi connectivity index (χ0) is 16.8. The van der Waals surface area contributed by atoms with Gasteiger partial charge in [-0.2, -0.15) is 5.10 Å². The molecule has 0 unspecified atom stereocenters.